The van der Waals surface area contributed by atoms with E-state index in [9.17, 15) is 9.59 Å². The first-order chi connectivity index (χ1) is 9.88. The lowest BCUT2D eigenvalue weighted by Gasteiger charge is -2.33. The number of urea groups is 1. The Bertz CT molecular complexity index is 586. The number of hydrogen-bond acceptors (Lipinski definition) is 3. The summed E-state index contributed by atoms with van der Waals surface area (Å²) in [6, 6.07) is 6.03. The van der Waals surface area contributed by atoms with Crippen molar-refractivity contribution in [3.8, 4) is 0 Å². The minimum atomic E-state index is -0.705. The van der Waals surface area contributed by atoms with Gasteiger partial charge in [0.2, 0.25) is 0 Å². The number of halogens is 1. The standard InChI is InChI=1S/C15H17ClN2O3/c1-8(2)21-14(19)12-9(3)17-15(20)18-13(12)10-5-4-6-11(16)7-10/h4-8,12-13H,3H2,1-2H3,(H2,17,18,20). The number of hydrogen-bond donors (Lipinski definition) is 2. The Balaban J connectivity index is 2.35. The highest BCUT2D eigenvalue weighted by molar-refractivity contribution is 6.30. The maximum atomic E-state index is 12.3. The number of ether oxygens (including phenoxy) is 1. The number of rotatable bonds is 3. The number of esters is 1. The van der Waals surface area contributed by atoms with Crippen molar-refractivity contribution in [2.75, 3.05) is 0 Å². The second kappa shape index (κ2) is 6.18. The molecule has 1 aliphatic rings. The lowest BCUT2D eigenvalue weighted by Crippen LogP contribution is -2.51. The zero-order valence-corrected chi connectivity index (χ0v) is 12.6. The van der Waals surface area contributed by atoms with Crippen LogP contribution < -0.4 is 10.6 Å². The molecule has 2 N–H and O–H groups in total. The van der Waals surface area contributed by atoms with Crippen LogP contribution in [0.3, 0.4) is 0 Å². The molecule has 6 heteroatoms. The molecule has 2 atom stereocenters. The highest BCUT2D eigenvalue weighted by Gasteiger charge is 2.39. The molecular formula is C15H17ClN2O3. The first-order valence-corrected chi connectivity index (χ1v) is 6.98. The molecule has 1 heterocycles. The fraction of sp³-hybridized carbons (Fsp3) is 0.333. The maximum absolute atomic E-state index is 12.3. The lowest BCUT2D eigenvalue weighted by molar-refractivity contribution is -0.152. The molecule has 2 amide bonds. The van der Waals surface area contributed by atoms with Crippen LogP contribution in [0.15, 0.2) is 36.5 Å². The Kier molecular flexibility index (Phi) is 4.53. The van der Waals surface area contributed by atoms with Gasteiger partial charge < -0.3 is 15.4 Å². The minimum Gasteiger partial charge on any atom is -0.462 e. The number of nitrogens with one attached hydrogen (secondary N) is 2. The lowest BCUT2D eigenvalue weighted by atomic mass is 9.89. The van der Waals surface area contributed by atoms with Crippen LogP contribution in [0.25, 0.3) is 0 Å². The molecule has 0 spiro atoms. The van der Waals surface area contributed by atoms with Gasteiger partial charge in [-0.3, -0.25) is 4.79 Å². The second-order valence-corrected chi connectivity index (χ2v) is 5.56. The summed E-state index contributed by atoms with van der Waals surface area (Å²) < 4.78 is 5.25. The zero-order chi connectivity index (χ0) is 15.6. The van der Waals surface area contributed by atoms with Crippen LogP contribution >= 0.6 is 11.6 Å². The molecule has 2 unspecified atom stereocenters. The molecule has 0 aliphatic carbocycles. The van der Waals surface area contributed by atoms with Crippen molar-refractivity contribution in [1.29, 1.82) is 0 Å². The number of carbonyl (C=O) groups is 2. The predicted octanol–water partition coefficient (Wildman–Crippen LogP) is 2.78. The van der Waals surface area contributed by atoms with Crippen molar-refractivity contribution in [1.82, 2.24) is 10.6 Å². The van der Waals surface area contributed by atoms with Gasteiger partial charge >= 0.3 is 12.0 Å². The molecule has 0 aromatic heterocycles. The van der Waals surface area contributed by atoms with E-state index in [1.165, 1.54) is 0 Å². The van der Waals surface area contributed by atoms with Gasteiger partial charge in [-0.1, -0.05) is 30.3 Å². The second-order valence-electron chi connectivity index (χ2n) is 5.12. The van der Waals surface area contributed by atoms with Crippen molar-refractivity contribution < 1.29 is 14.3 Å². The molecule has 1 aromatic rings. The summed E-state index contributed by atoms with van der Waals surface area (Å²) in [5.74, 6) is -1.14. The summed E-state index contributed by atoms with van der Waals surface area (Å²) in [6.07, 6.45) is -0.247. The van der Waals surface area contributed by atoms with Crippen LogP contribution in [0.5, 0.6) is 0 Å². The van der Waals surface area contributed by atoms with E-state index in [4.69, 9.17) is 16.3 Å². The normalized spacial score (nSPS) is 21.7. The van der Waals surface area contributed by atoms with Crippen molar-refractivity contribution in [2.24, 2.45) is 5.92 Å². The Morgan fingerprint density at radius 1 is 1.43 bits per heavy atom. The molecule has 0 bridgehead atoms. The van der Waals surface area contributed by atoms with Crippen LogP contribution in [-0.2, 0) is 9.53 Å². The van der Waals surface area contributed by atoms with Gasteiger partial charge in [0.15, 0.2) is 0 Å². The molecule has 0 saturated carbocycles. The molecule has 1 fully saturated rings. The molecule has 21 heavy (non-hydrogen) atoms. The van der Waals surface area contributed by atoms with Gasteiger partial charge in [-0.05, 0) is 31.5 Å². The fourth-order valence-corrected chi connectivity index (χ4v) is 2.44. The van der Waals surface area contributed by atoms with E-state index >= 15 is 0 Å². The fourth-order valence-electron chi connectivity index (χ4n) is 2.25. The van der Waals surface area contributed by atoms with Crippen LogP contribution in [0.4, 0.5) is 4.79 Å². The van der Waals surface area contributed by atoms with Crippen molar-refractivity contribution in [2.45, 2.75) is 26.0 Å². The van der Waals surface area contributed by atoms with Crippen molar-refractivity contribution in [3.05, 3.63) is 47.1 Å². The van der Waals surface area contributed by atoms with Gasteiger partial charge in [0.25, 0.3) is 0 Å². The largest absolute Gasteiger partial charge is 0.462 e. The van der Waals surface area contributed by atoms with Gasteiger partial charge in [0.1, 0.15) is 5.92 Å². The molecule has 0 radical (unpaired) electrons. The van der Waals surface area contributed by atoms with E-state index in [2.05, 4.69) is 17.2 Å². The van der Waals surface area contributed by atoms with Crippen LogP contribution in [0.2, 0.25) is 5.02 Å². The molecule has 2 rings (SSSR count). The number of amides is 2. The Hall–Kier alpha value is -2.01. The molecule has 5 nitrogen and oxygen atoms in total. The molecule has 112 valence electrons. The maximum Gasteiger partial charge on any atom is 0.319 e. The number of carbonyl (C=O) groups excluding carboxylic acids is 2. The van der Waals surface area contributed by atoms with E-state index in [0.29, 0.717) is 10.7 Å². The van der Waals surface area contributed by atoms with Gasteiger partial charge in [0.05, 0.1) is 12.1 Å². The summed E-state index contributed by atoms with van der Waals surface area (Å²) in [5, 5.41) is 5.77. The van der Waals surface area contributed by atoms with E-state index in [0.717, 1.165) is 5.56 Å². The highest BCUT2D eigenvalue weighted by Crippen LogP contribution is 2.31. The molecule has 1 aliphatic heterocycles. The summed E-state index contributed by atoms with van der Waals surface area (Å²) in [4.78, 5) is 24.0. The summed E-state index contributed by atoms with van der Waals surface area (Å²) >= 11 is 5.98. The third-order valence-corrected chi connectivity index (χ3v) is 3.32. The zero-order valence-electron chi connectivity index (χ0n) is 11.9. The smallest absolute Gasteiger partial charge is 0.319 e. The van der Waals surface area contributed by atoms with Gasteiger partial charge in [-0.25, -0.2) is 4.79 Å². The van der Waals surface area contributed by atoms with E-state index in [1.807, 2.05) is 0 Å². The first-order valence-electron chi connectivity index (χ1n) is 6.60. The Labute approximate surface area is 128 Å². The van der Waals surface area contributed by atoms with E-state index < -0.39 is 24.0 Å². The third kappa shape index (κ3) is 3.55. The topological polar surface area (TPSA) is 67.4 Å². The minimum absolute atomic E-state index is 0.247. The third-order valence-electron chi connectivity index (χ3n) is 3.08. The monoisotopic (exact) mass is 308 g/mol. The van der Waals surface area contributed by atoms with Gasteiger partial charge in [0, 0.05) is 10.7 Å². The van der Waals surface area contributed by atoms with Gasteiger partial charge in [-0.15, -0.1) is 0 Å². The molecular weight excluding hydrogens is 292 g/mol. The van der Waals surface area contributed by atoms with E-state index in [-0.39, 0.29) is 6.10 Å². The van der Waals surface area contributed by atoms with Crippen LogP contribution in [0, 0.1) is 5.92 Å². The molecule has 1 saturated heterocycles. The Morgan fingerprint density at radius 2 is 2.14 bits per heavy atom. The number of benzene rings is 1. The molecule has 1 aromatic carbocycles. The van der Waals surface area contributed by atoms with E-state index in [1.54, 1.807) is 38.1 Å². The highest BCUT2D eigenvalue weighted by atomic mass is 35.5. The Morgan fingerprint density at radius 3 is 2.76 bits per heavy atom. The van der Waals surface area contributed by atoms with Crippen LogP contribution in [-0.4, -0.2) is 18.1 Å². The summed E-state index contributed by atoms with van der Waals surface area (Å²) in [5.41, 5.74) is 1.04. The predicted molar refractivity (Wildman–Crippen MR) is 79.7 cm³/mol. The van der Waals surface area contributed by atoms with Crippen LogP contribution in [0.1, 0.15) is 25.5 Å². The average molecular weight is 309 g/mol. The quantitative estimate of drug-likeness (QED) is 0.844. The van der Waals surface area contributed by atoms with Crippen molar-refractivity contribution >= 4 is 23.6 Å². The average Bonchev–Trinajstić information content (AvgIpc) is 2.36. The first kappa shape index (κ1) is 15.4. The van der Waals surface area contributed by atoms with Crippen molar-refractivity contribution in [3.63, 3.8) is 0 Å². The van der Waals surface area contributed by atoms with Gasteiger partial charge in [-0.2, -0.15) is 0 Å². The summed E-state index contributed by atoms with van der Waals surface area (Å²) in [6.45, 7) is 7.30. The SMILES string of the molecule is C=C1NC(=O)NC(c2cccc(Cl)c2)C1C(=O)OC(C)C. The summed E-state index contributed by atoms with van der Waals surface area (Å²) in [7, 11) is 0.